The van der Waals surface area contributed by atoms with Gasteiger partial charge in [-0.05, 0) is 87.5 Å². The number of rotatable bonds is 5. The Morgan fingerprint density at radius 2 is 2.00 bits per heavy atom. The van der Waals surface area contributed by atoms with Crippen LogP contribution in [0.1, 0.15) is 65.7 Å². The van der Waals surface area contributed by atoms with Gasteiger partial charge in [0.1, 0.15) is 6.10 Å². The first-order valence-corrected chi connectivity index (χ1v) is 13.2. The number of carbonyl (C=O) groups is 2. The van der Waals surface area contributed by atoms with Gasteiger partial charge in [0.25, 0.3) is 0 Å². The van der Waals surface area contributed by atoms with Crippen molar-refractivity contribution >= 4 is 11.8 Å². The lowest BCUT2D eigenvalue weighted by Gasteiger charge is -2.57. The largest absolute Gasteiger partial charge is 0.458 e. The molecule has 5 heteroatoms. The maximum absolute atomic E-state index is 13.1. The number of ether oxygens (including phenoxy) is 2. The van der Waals surface area contributed by atoms with Gasteiger partial charge in [-0.3, -0.25) is 4.79 Å². The van der Waals surface area contributed by atoms with Crippen LogP contribution in [0.2, 0.25) is 0 Å². The molecule has 0 aromatic carbocycles. The van der Waals surface area contributed by atoms with Crippen molar-refractivity contribution in [1.29, 1.82) is 0 Å². The molecule has 0 bridgehead atoms. The highest BCUT2D eigenvalue weighted by molar-refractivity contribution is 5.98. The van der Waals surface area contributed by atoms with Crippen molar-refractivity contribution in [2.24, 2.45) is 40.4 Å². The maximum Gasteiger partial charge on any atom is 0.336 e. The number of hydrogen-bond donors (Lipinski definition) is 1. The Labute approximate surface area is 203 Å². The normalized spacial score (nSPS) is 42.5. The van der Waals surface area contributed by atoms with Crippen LogP contribution in [-0.2, 0) is 19.1 Å². The lowest BCUT2D eigenvalue weighted by atomic mass is 9.47. The van der Waals surface area contributed by atoms with E-state index in [1.165, 1.54) is 5.57 Å². The van der Waals surface area contributed by atoms with Crippen LogP contribution in [0.3, 0.4) is 0 Å². The van der Waals surface area contributed by atoms with E-state index in [9.17, 15) is 14.7 Å². The minimum absolute atomic E-state index is 0.0386. The third-order valence-electron chi connectivity index (χ3n) is 10.7. The molecule has 1 heterocycles. The summed E-state index contributed by atoms with van der Waals surface area (Å²) in [5.41, 5.74) is 2.73. The van der Waals surface area contributed by atoms with Crippen LogP contribution >= 0.6 is 0 Å². The number of fused-ring (bicyclic) bond motifs is 5. The standard InChI is InChI=1S/C29H40O5/c1-17-14-25(34-27(32)21(17)16-33-4)20(15-30)23-11-10-22-19-9-8-18-6-5-7-26(31)29(18,3)24(19)12-13-28(22,23)2/h5,7-8,19-20,22-25,30H,6,9-16H2,1-4H3/t19-,20-,22+,23+,24-,25+,28-,29-/m0/s1. The zero-order valence-corrected chi connectivity index (χ0v) is 21.1. The molecule has 34 heavy (non-hydrogen) atoms. The van der Waals surface area contributed by atoms with Crippen LogP contribution in [0.25, 0.3) is 0 Å². The Kier molecular flexibility index (Phi) is 6.17. The second kappa shape index (κ2) is 8.74. The van der Waals surface area contributed by atoms with Crippen LogP contribution < -0.4 is 0 Å². The van der Waals surface area contributed by atoms with Crippen molar-refractivity contribution in [3.8, 4) is 0 Å². The SMILES string of the molecule is COCC1=C(C)C[C@H]([C@@H](CO)[C@H]2CC[C@@H]3[C@@H]4CC=C5CC=CC(=O)[C@]5(C)[C@H]4CC[C@]23C)OC1=O. The molecule has 0 amide bonds. The van der Waals surface area contributed by atoms with Gasteiger partial charge in [0.2, 0.25) is 0 Å². The smallest absolute Gasteiger partial charge is 0.336 e. The lowest BCUT2D eigenvalue weighted by molar-refractivity contribution is -0.154. The number of aliphatic hydroxyl groups is 1. The molecule has 0 spiro atoms. The number of allylic oxidation sites excluding steroid dienone is 4. The number of aliphatic hydroxyl groups excluding tert-OH is 1. The van der Waals surface area contributed by atoms with E-state index >= 15 is 0 Å². The molecule has 1 N–H and O–H groups in total. The van der Waals surface area contributed by atoms with Gasteiger partial charge in [-0.1, -0.05) is 30.2 Å². The summed E-state index contributed by atoms with van der Waals surface area (Å²) in [7, 11) is 1.59. The van der Waals surface area contributed by atoms with Gasteiger partial charge in [-0.2, -0.15) is 0 Å². The Morgan fingerprint density at radius 3 is 2.71 bits per heavy atom. The number of esters is 1. The van der Waals surface area contributed by atoms with E-state index < -0.39 is 0 Å². The molecule has 186 valence electrons. The third kappa shape index (κ3) is 3.41. The van der Waals surface area contributed by atoms with E-state index in [2.05, 4.69) is 19.9 Å². The van der Waals surface area contributed by atoms with Crippen molar-refractivity contribution < 1.29 is 24.2 Å². The number of hydrogen-bond acceptors (Lipinski definition) is 5. The van der Waals surface area contributed by atoms with E-state index in [4.69, 9.17) is 9.47 Å². The highest BCUT2D eigenvalue weighted by Gasteiger charge is 2.61. The molecule has 2 fully saturated rings. The second-order valence-electron chi connectivity index (χ2n) is 11.9. The lowest BCUT2D eigenvalue weighted by Crippen LogP contribution is -2.53. The van der Waals surface area contributed by atoms with Gasteiger partial charge in [-0.25, -0.2) is 4.79 Å². The average Bonchev–Trinajstić information content (AvgIpc) is 3.15. The summed E-state index contributed by atoms with van der Waals surface area (Å²) in [5.74, 6) is 1.71. The van der Waals surface area contributed by atoms with Crippen molar-refractivity contribution in [3.05, 3.63) is 34.9 Å². The first-order valence-electron chi connectivity index (χ1n) is 13.2. The maximum atomic E-state index is 13.1. The monoisotopic (exact) mass is 468 g/mol. The first-order chi connectivity index (χ1) is 16.3. The fourth-order valence-electron chi connectivity index (χ4n) is 8.83. The topological polar surface area (TPSA) is 72.8 Å². The van der Waals surface area contributed by atoms with Crippen LogP contribution in [0, 0.1) is 40.4 Å². The molecule has 4 aliphatic carbocycles. The summed E-state index contributed by atoms with van der Waals surface area (Å²) in [4.78, 5) is 25.8. The molecule has 8 atom stereocenters. The molecular formula is C29H40O5. The van der Waals surface area contributed by atoms with Crippen LogP contribution in [0.5, 0.6) is 0 Å². The second-order valence-corrected chi connectivity index (χ2v) is 11.9. The van der Waals surface area contributed by atoms with Crippen molar-refractivity contribution in [2.45, 2.75) is 71.8 Å². The van der Waals surface area contributed by atoms with Crippen LogP contribution in [0.4, 0.5) is 0 Å². The highest BCUT2D eigenvalue weighted by atomic mass is 16.5. The van der Waals surface area contributed by atoms with Gasteiger partial charge in [0.05, 0.1) is 17.6 Å². The molecule has 5 rings (SSSR count). The number of methoxy groups -OCH3 is 1. The minimum Gasteiger partial charge on any atom is -0.458 e. The molecule has 5 nitrogen and oxygen atoms in total. The molecule has 5 aliphatic rings. The van der Waals surface area contributed by atoms with Gasteiger partial charge in [-0.15, -0.1) is 0 Å². The van der Waals surface area contributed by atoms with E-state index in [1.54, 1.807) is 7.11 Å². The van der Waals surface area contributed by atoms with Crippen molar-refractivity contribution in [1.82, 2.24) is 0 Å². The fourth-order valence-corrected chi connectivity index (χ4v) is 8.83. The van der Waals surface area contributed by atoms with Crippen LogP contribution in [-0.4, -0.2) is 43.3 Å². The molecule has 0 aromatic heterocycles. The quantitative estimate of drug-likeness (QED) is 0.464. The van der Waals surface area contributed by atoms with Crippen molar-refractivity contribution in [3.63, 3.8) is 0 Å². The average molecular weight is 469 g/mol. The molecule has 0 aromatic rings. The summed E-state index contributed by atoms with van der Waals surface area (Å²) in [6.07, 6.45) is 12.9. The van der Waals surface area contributed by atoms with E-state index in [0.29, 0.717) is 35.7 Å². The molecule has 2 saturated carbocycles. The minimum atomic E-state index is -0.341. The summed E-state index contributed by atoms with van der Waals surface area (Å²) >= 11 is 0. The predicted octanol–water partition coefficient (Wildman–Crippen LogP) is 4.80. The number of ketones is 1. The van der Waals surface area contributed by atoms with E-state index in [1.807, 2.05) is 19.1 Å². The van der Waals surface area contributed by atoms with Gasteiger partial charge >= 0.3 is 5.97 Å². The predicted molar refractivity (Wildman–Crippen MR) is 130 cm³/mol. The summed E-state index contributed by atoms with van der Waals surface area (Å²) < 4.78 is 11.1. The fraction of sp³-hybridized carbons (Fsp3) is 0.724. The Morgan fingerprint density at radius 1 is 1.21 bits per heavy atom. The zero-order valence-electron chi connectivity index (χ0n) is 21.1. The highest BCUT2D eigenvalue weighted by Crippen LogP contribution is 2.66. The molecule has 0 radical (unpaired) electrons. The van der Waals surface area contributed by atoms with Crippen LogP contribution in [0.15, 0.2) is 34.9 Å². The molecular weight excluding hydrogens is 428 g/mol. The molecule has 1 aliphatic heterocycles. The first kappa shape index (κ1) is 24.0. The zero-order chi connectivity index (χ0) is 24.3. The molecule has 0 saturated heterocycles. The van der Waals surface area contributed by atoms with E-state index in [0.717, 1.165) is 44.1 Å². The molecule has 0 unspecified atom stereocenters. The summed E-state index contributed by atoms with van der Waals surface area (Å²) in [6, 6.07) is 0. The third-order valence-corrected chi connectivity index (χ3v) is 10.7. The van der Waals surface area contributed by atoms with E-state index in [-0.39, 0.29) is 47.8 Å². The van der Waals surface area contributed by atoms with Crippen molar-refractivity contribution in [2.75, 3.05) is 20.3 Å². The van der Waals surface area contributed by atoms with Gasteiger partial charge < -0.3 is 14.6 Å². The summed E-state index contributed by atoms with van der Waals surface area (Å²) in [5, 5.41) is 10.6. The Bertz CT molecular complexity index is 960. The Hall–Kier alpha value is -1.72. The van der Waals surface area contributed by atoms with Gasteiger partial charge in [0, 0.05) is 26.1 Å². The number of carbonyl (C=O) groups excluding carboxylic acids is 2. The number of cyclic esters (lactones) is 1. The summed E-state index contributed by atoms with van der Waals surface area (Å²) in [6.45, 7) is 6.92. The van der Waals surface area contributed by atoms with Gasteiger partial charge in [0.15, 0.2) is 5.78 Å². The Balaban J connectivity index is 1.40.